The van der Waals surface area contributed by atoms with Crippen LogP contribution >= 0.6 is 11.6 Å². The van der Waals surface area contributed by atoms with Gasteiger partial charge in [-0.15, -0.1) is 0 Å². The molecule has 0 bridgehead atoms. The number of likely N-dealkylation sites (tertiary alicyclic amines) is 1. The zero-order chi connectivity index (χ0) is 29.5. The van der Waals surface area contributed by atoms with E-state index in [1.54, 1.807) is 6.07 Å². The van der Waals surface area contributed by atoms with Crippen molar-refractivity contribution in [3.05, 3.63) is 81.1 Å². The molecule has 3 heterocycles. The van der Waals surface area contributed by atoms with Crippen molar-refractivity contribution in [2.24, 2.45) is 5.92 Å². The first-order valence-electron chi connectivity index (χ1n) is 14.2. The lowest BCUT2D eigenvalue weighted by molar-refractivity contribution is -0.143. The van der Waals surface area contributed by atoms with Crippen molar-refractivity contribution < 1.29 is 33.3 Å². The summed E-state index contributed by atoms with van der Waals surface area (Å²) in [6.07, 6.45) is 2.10. The number of carboxylic acid groups (broad SMARTS) is 1. The quantitative estimate of drug-likeness (QED) is 0.343. The van der Waals surface area contributed by atoms with Gasteiger partial charge in [-0.2, -0.15) is 0 Å². The van der Waals surface area contributed by atoms with Crippen LogP contribution in [0.25, 0.3) is 0 Å². The molecule has 3 aromatic rings. The van der Waals surface area contributed by atoms with Gasteiger partial charge >= 0.3 is 5.97 Å². The maximum atomic E-state index is 15.0. The summed E-state index contributed by atoms with van der Waals surface area (Å²) in [4.78, 5) is 28.4. The van der Waals surface area contributed by atoms with Crippen molar-refractivity contribution >= 4 is 29.2 Å². The van der Waals surface area contributed by atoms with Gasteiger partial charge in [0.15, 0.2) is 11.6 Å². The summed E-state index contributed by atoms with van der Waals surface area (Å²) in [5.41, 5.74) is 4.87. The second-order valence-electron chi connectivity index (χ2n) is 10.9. The average Bonchev–Trinajstić information content (AvgIpc) is 3.71. The Labute approximate surface area is 248 Å². The smallest absolute Gasteiger partial charge is 0.309 e. The number of benzene rings is 3. The van der Waals surface area contributed by atoms with Gasteiger partial charge in [0, 0.05) is 35.6 Å². The van der Waals surface area contributed by atoms with Gasteiger partial charge in [-0.1, -0.05) is 37.6 Å². The molecule has 0 saturated carbocycles. The summed E-state index contributed by atoms with van der Waals surface area (Å²) in [6, 6.07) is 11.7. The first-order valence-corrected chi connectivity index (χ1v) is 14.6. The summed E-state index contributed by atoms with van der Waals surface area (Å²) in [5.74, 6) is -2.40. The van der Waals surface area contributed by atoms with Gasteiger partial charge in [0.05, 0.1) is 19.1 Å². The lowest BCUT2D eigenvalue weighted by Crippen LogP contribution is -2.35. The molecule has 220 valence electrons. The first kappa shape index (κ1) is 28.3. The third-order valence-corrected chi connectivity index (χ3v) is 8.67. The molecule has 3 aliphatic heterocycles. The molecule has 0 aliphatic carbocycles. The number of carbonyl (C=O) groups excluding carboxylic acids is 1. The largest absolute Gasteiger partial charge is 0.493 e. The van der Waals surface area contributed by atoms with Crippen LogP contribution in [0.5, 0.6) is 17.2 Å². The van der Waals surface area contributed by atoms with Crippen LogP contribution in [0.1, 0.15) is 53.6 Å². The lowest BCUT2D eigenvalue weighted by atomic mass is 9.82. The summed E-state index contributed by atoms with van der Waals surface area (Å²) < 4.78 is 31.3. The molecule has 8 nitrogen and oxygen atoms in total. The van der Waals surface area contributed by atoms with Gasteiger partial charge in [-0.25, -0.2) is 4.39 Å². The molecule has 6 rings (SSSR count). The Hall–Kier alpha value is -3.82. The van der Waals surface area contributed by atoms with E-state index in [1.165, 1.54) is 6.07 Å². The molecule has 3 aromatic carbocycles. The van der Waals surface area contributed by atoms with E-state index in [9.17, 15) is 19.1 Å². The van der Waals surface area contributed by atoms with Crippen molar-refractivity contribution in [2.45, 2.75) is 45.1 Å². The molecule has 1 fully saturated rings. The van der Waals surface area contributed by atoms with Crippen LogP contribution in [-0.4, -0.2) is 48.4 Å². The third kappa shape index (κ3) is 5.16. The molecule has 1 saturated heterocycles. The minimum atomic E-state index is -1.03. The Balaban J connectivity index is 1.37. The van der Waals surface area contributed by atoms with E-state index < -0.39 is 29.7 Å². The average molecular weight is 595 g/mol. The SMILES string of the molecule is CCc1cc(Cl)cc(CC)c1NC(=O)CN1C[C@H](c2cc(F)c3c(c2)OCO3)C(C(=O)O)[C@@H]1c1ccc2c(c1)CCO2. The second kappa shape index (κ2) is 11.5. The van der Waals surface area contributed by atoms with Gasteiger partial charge in [0.2, 0.25) is 18.4 Å². The molecule has 10 heteroatoms. The van der Waals surface area contributed by atoms with Crippen LogP contribution in [0.2, 0.25) is 5.02 Å². The molecular formula is C32H32ClFN2O6. The standard InChI is InChI=1S/C32H32ClFN2O6/c1-3-17-10-22(33)11-18(4-2)29(17)35-27(37)15-36-14-23(21-12-24(34)31-26(13-21)41-16-42-31)28(32(38)39)30(36)20-5-6-25-19(9-20)7-8-40-25/h5-6,9-13,23,28,30H,3-4,7-8,14-16H2,1-2H3,(H,35,37)(H,38,39)/t23-,28?,30+/m1/s1. The Bertz CT molecular complexity index is 1540. The van der Waals surface area contributed by atoms with Gasteiger partial charge in [0.1, 0.15) is 5.75 Å². The number of halogens is 2. The zero-order valence-electron chi connectivity index (χ0n) is 23.4. The Morgan fingerprint density at radius 3 is 2.50 bits per heavy atom. The predicted molar refractivity (Wildman–Crippen MR) is 155 cm³/mol. The number of nitrogens with one attached hydrogen (secondary N) is 1. The number of hydrogen-bond donors (Lipinski definition) is 2. The maximum Gasteiger partial charge on any atom is 0.309 e. The van der Waals surface area contributed by atoms with Crippen LogP contribution < -0.4 is 19.5 Å². The molecule has 1 unspecified atom stereocenters. The summed E-state index contributed by atoms with van der Waals surface area (Å²) >= 11 is 6.32. The summed E-state index contributed by atoms with van der Waals surface area (Å²) in [5, 5.41) is 14.3. The van der Waals surface area contributed by atoms with E-state index >= 15 is 0 Å². The van der Waals surface area contributed by atoms with Crippen molar-refractivity contribution in [3.8, 4) is 17.2 Å². The Kier molecular flexibility index (Phi) is 7.72. The topological polar surface area (TPSA) is 97.3 Å². The Morgan fingerprint density at radius 2 is 1.79 bits per heavy atom. The number of carbonyl (C=O) groups is 2. The van der Waals surface area contributed by atoms with Crippen molar-refractivity contribution in [1.29, 1.82) is 0 Å². The van der Waals surface area contributed by atoms with Crippen LogP contribution in [0.15, 0.2) is 42.5 Å². The number of amides is 1. The lowest BCUT2D eigenvalue weighted by Gasteiger charge is -2.27. The highest BCUT2D eigenvalue weighted by molar-refractivity contribution is 6.30. The molecule has 3 atom stereocenters. The number of aliphatic carboxylic acids is 1. The number of nitrogens with zero attached hydrogens (tertiary/aromatic N) is 1. The number of fused-ring (bicyclic) bond motifs is 2. The molecule has 0 aromatic heterocycles. The zero-order valence-corrected chi connectivity index (χ0v) is 24.2. The number of aryl methyl sites for hydroxylation is 2. The van der Waals surface area contributed by atoms with Gasteiger partial charge in [0.25, 0.3) is 0 Å². The molecular weight excluding hydrogens is 563 g/mol. The Morgan fingerprint density at radius 1 is 1.02 bits per heavy atom. The molecule has 42 heavy (non-hydrogen) atoms. The van der Waals surface area contributed by atoms with Crippen LogP contribution in [0.3, 0.4) is 0 Å². The number of ether oxygens (including phenoxy) is 3. The number of anilines is 1. The van der Waals surface area contributed by atoms with Crippen molar-refractivity contribution in [1.82, 2.24) is 4.90 Å². The molecule has 0 radical (unpaired) electrons. The number of hydrogen-bond acceptors (Lipinski definition) is 6. The monoisotopic (exact) mass is 594 g/mol. The van der Waals surface area contributed by atoms with Crippen molar-refractivity contribution in [3.63, 3.8) is 0 Å². The van der Waals surface area contributed by atoms with Crippen LogP contribution in [-0.2, 0) is 28.9 Å². The minimum Gasteiger partial charge on any atom is -0.493 e. The highest BCUT2D eigenvalue weighted by Crippen LogP contribution is 2.49. The van der Waals surface area contributed by atoms with Gasteiger partial charge in [-0.05, 0) is 71.0 Å². The minimum absolute atomic E-state index is 0.0245. The van der Waals surface area contributed by atoms with E-state index in [0.29, 0.717) is 30.0 Å². The number of carboxylic acids is 1. The highest BCUT2D eigenvalue weighted by Gasteiger charge is 2.48. The highest BCUT2D eigenvalue weighted by atomic mass is 35.5. The van der Waals surface area contributed by atoms with E-state index in [2.05, 4.69) is 5.32 Å². The number of rotatable bonds is 8. The van der Waals surface area contributed by atoms with E-state index in [1.807, 2.05) is 49.1 Å². The first-order chi connectivity index (χ1) is 20.3. The van der Waals surface area contributed by atoms with E-state index in [-0.39, 0.29) is 37.3 Å². The van der Waals surface area contributed by atoms with Crippen LogP contribution in [0, 0.1) is 11.7 Å². The molecule has 3 aliphatic rings. The maximum absolute atomic E-state index is 15.0. The predicted octanol–water partition coefficient (Wildman–Crippen LogP) is 5.75. The summed E-state index contributed by atoms with van der Waals surface area (Å²) in [7, 11) is 0. The fourth-order valence-corrected chi connectivity index (χ4v) is 6.79. The van der Waals surface area contributed by atoms with E-state index in [4.69, 9.17) is 25.8 Å². The molecule has 1 amide bonds. The van der Waals surface area contributed by atoms with Crippen LogP contribution in [0.4, 0.5) is 10.1 Å². The third-order valence-electron chi connectivity index (χ3n) is 8.46. The van der Waals surface area contributed by atoms with Crippen molar-refractivity contribution in [2.75, 3.05) is 31.8 Å². The normalized spacial score (nSPS) is 20.8. The van der Waals surface area contributed by atoms with E-state index in [0.717, 1.165) is 40.1 Å². The molecule has 0 spiro atoms. The molecule has 2 N–H and O–H groups in total. The fourth-order valence-electron chi connectivity index (χ4n) is 6.53. The van der Waals surface area contributed by atoms with Gasteiger partial charge in [-0.3, -0.25) is 14.5 Å². The van der Waals surface area contributed by atoms with Gasteiger partial charge < -0.3 is 24.6 Å². The summed E-state index contributed by atoms with van der Waals surface area (Å²) in [6.45, 7) is 4.64. The fraction of sp³-hybridized carbons (Fsp3) is 0.375. The second-order valence-corrected chi connectivity index (χ2v) is 11.3.